The number of nitrogens with zero attached hydrogens (tertiary/aromatic N) is 2. The largest absolute Gasteiger partial charge is 0.444 e. The number of carbonyl (C=O) groups is 2. The molecule has 8 heterocycles. The molecule has 504 valence electrons. The van der Waals surface area contributed by atoms with Crippen LogP contribution in [0.3, 0.4) is 0 Å². The molecule has 8 aliphatic heterocycles. The fourth-order valence-corrected chi connectivity index (χ4v) is 16.7. The molecule has 8 fully saturated rings. The summed E-state index contributed by atoms with van der Waals surface area (Å²) in [5.74, 6) is 0. The first-order valence-electron chi connectivity index (χ1n) is 31.9. The predicted molar refractivity (Wildman–Crippen MR) is 349 cm³/mol. The van der Waals surface area contributed by atoms with Gasteiger partial charge in [-0.3, -0.25) is 0 Å². The summed E-state index contributed by atoms with van der Waals surface area (Å²) in [5.41, 5.74) is -0.759. The zero-order chi connectivity index (χ0) is 64.9. The number of carbonyl (C=O) groups excluding carboxylic acids is 2. The van der Waals surface area contributed by atoms with Crippen LogP contribution in [-0.4, -0.2) is 196 Å². The van der Waals surface area contributed by atoms with Crippen molar-refractivity contribution in [2.75, 3.05) is 78.8 Å². The topological polar surface area (TPSA) is 236 Å². The Hall–Kier alpha value is -1.26. The first kappa shape index (κ1) is 75.5. The minimum atomic E-state index is -1.14. The molecule has 0 aliphatic carbocycles. The van der Waals surface area contributed by atoms with Crippen molar-refractivity contribution in [3.63, 3.8) is 0 Å². The highest BCUT2D eigenvalue weighted by molar-refractivity contribution is 7.85. The van der Waals surface area contributed by atoms with Gasteiger partial charge in [0.1, 0.15) is 11.2 Å². The molecule has 8 rings (SSSR count). The molecule has 2 amide bonds. The lowest BCUT2D eigenvalue weighted by molar-refractivity contribution is 0.00566. The molecule has 0 saturated carbocycles. The van der Waals surface area contributed by atoms with E-state index in [4.69, 9.17) is 28.4 Å². The number of hydrogen-bond acceptors (Lipinski definition) is 14. The molecule has 6 N–H and O–H groups in total. The lowest BCUT2D eigenvalue weighted by Crippen LogP contribution is -2.55. The molecule has 0 radical (unpaired) electrons. The predicted octanol–water partition coefficient (Wildman–Crippen LogP) is 8.08. The summed E-state index contributed by atoms with van der Waals surface area (Å²) in [6.45, 7) is 53.0. The Kier molecular flexibility index (Phi) is 26.1. The van der Waals surface area contributed by atoms with E-state index >= 15 is 0 Å². The second kappa shape index (κ2) is 29.8. The zero-order valence-corrected chi connectivity index (χ0v) is 60.5. The Morgan fingerprint density at radius 1 is 0.384 bits per heavy atom. The number of rotatable bonds is 8. The van der Waals surface area contributed by atoms with Gasteiger partial charge in [0.05, 0.1) is 138 Å². The van der Waals surface area contributed by atoms with E-state index in [1.165, 1.54) is 0 Å². The van der Waals surface area contributed by atoms with Crippen LogP contribution in [0.1, 0.15) is 204 Å². The summed E-state index contributed by atoms with van der Waals surface area (Å²) in [5, 5.41) is 6.79. The summed E-state index contributed by atoms with van der Waals surface area (Å²) in [7, 11) is -4.34. The Morgan fingerprint density at radius 3 is 0.767 bits per heavy atom. The minimum absolute atomic E-state index is 0.0133. The third-order valence-electron chi connectivity index (χ3n) is 18.2. The van der Waals surface area contributed by atoms with E-state index in [2.05, 4.69) is 43.4 Å². The first-order valence-corrected chi connectivity index (χ1v) is 36.5. The summed E-state index contributed by atoms with van der Waals surface area (Å²) in [6.07, 6.45) is 7.56. The van der Waals surface area contributed by atoms with Gasteiger partial charge >= 0.3 is 12.2 Å². The summed E-state index contributed by atoms with van der Waals surface area (Å²) < 4.78 is 96.5. The van der Waals surface area contributed by atoms with Crippen LogP contribution < -0.4 is 29.5 Å². The molecule has 0 bridgehead atoms. The lowest BCUT2D eigenvalue weighted by atomic mass is 9.73. The van der Waals surface area contributed by atoms with E-state index in [0.29, 0.717) is 39.4 Å². The van der Waals surface area contributed by atoms with Gasteiger partial charge in [0.15, 0.2) is 0 Å². The third-order valence-corrected chi connectivity index (χ3v) is 24.6. The fraction of sp³-hybridized carbons (Fsp3) is 0.968. The molecule has 86 heavy (non-hydrogen) atoms. The number of amides is 2. The summed E-state index contributed by atoms with van der Waals surface area (Å²) in [4.78, 5) is 28.1. The molecule has 0 aromatic carbocycles. The van der Waals surface area contributed by atoms with Gasteiger partial charge in [-0.25, -0.2) is 45.3 Å². The Bertz CT molecular complexity index is 2130. The molecule has 8 saturated heterocycles. The van der Waals surface area contributed by atoms with Gasteiger partial charge in [0, 0.05) is 47.8 Å². The van der Waals surface area contributed by atoms with Crippen molar-refractivity contribution >= 4 is 56.1 Å². The summed E-state index contributed by atoms with van der Waals surface area (Å²) in [6, 6.07) is 0.487. The van der Waals surface area contributed by atoms with E-state index in [0.717, 1.165) is 90.8 Å². The van der Waals surface area contributed by atoms with Crippen LogP contribution in [0.25, 0.3) is 0 Å². The van der Waals surface area contributed by atoms with Gasteiger partial charge in [-0.2, -0.15) is 0 Å². The van der Waals surface area contributed by atoms with Crippen LogP contribution in [0.5, 0.6) is 0 Å². The third kappa shape index (κ3) is 20.4. The van der Waals surface area contributed by atoms with Crippen molar-refractivity contribution in [2.45, 2.75) is 282 Å². The van der Waals surface area contributed by atoms with Crippen LogP contribution >= 0.6 is 0 Å². The average molecular weight is 1300 g/mol. The second-order valence-corrected chi connectivity index (χ2v) is 39.8. The summed E-state index contributed by atoms with van der Waals surface area (Å²) >= 11 is 0. The lowest BCUT2D eigenvalue weighted by Gasteiger charge is -2.43. The molecular weight excluding hydrogens is 1180 g/mol. The standard InChI is InChI=1S/2C18H34N2O4S.2C13H26N2O2S/c2*1-13-14(19-25(22)17(5,6)7)18(12-23-13)8-10-20(11-9-18)15(21)24-16(2,3)4;2*1-10-11(15-18(16)12(2,3)4)13(9-17-10)5-7-14-8-6-13/h2*13-14,19H,8-12H2,1-7H3;2*10-11,14-15H,5-9H2,1-4H3/t13-,14+,25-;13-,14-,25-;10-,11+,18-;10-,11-,18-/m1111/s1. The van der Waals surface area contributed by atoms with Gasteiger partial charge in [-0.1, -0.05) is 0 Å². The maximum atomic E-state index is 12.6. The van der Waals surface area contributed by atoms with Gasteiger partial charge in [0.2, 0.25) is 0 Å². The first-order chi connectivity index (χ1) is 39.4. The Labute approximate surface area is 530 Å². The SMILES string of the molecule is C[C@H]1OCC2(CCN(C(=O)OC(C)(C)C)CC2)[C@@H]1N[S@](=O)C(C)(C)C.C[C@H]1OCC2(CCN(C(=O)OC(C)(C)C)CC2)[C@H]1N[S@](=O)C(C)(C)C.C[C@H]1OCC2(CCNCC2)[C@@H]1N[S@](=O)C(C)(C)C.C[C@H]1OCC2(CCNCC2)[C@H]1N[S@](=O)C(C)(C)C. The van der Waals surface area contributed by atoms with Gasteiger partial charge in [-0.05, 0) is 230 Å². The van der Waals surface area contributed by atoms with Crippen LogP contribution in [0.2, 0.25) is 0 Å². The second-order valence-electron chi connectivity index (χ2n) is 31.9. The van der Waals surface area contributed by atoms with Crippen LogP contribution in [-0.2, 0) is 72.4 Å². The van der Waals surface area contributed by atoms with Crippen LogP contribution in [0.15, 0.2) is 0 Å². The molecule has 12 atom stereocenters. The highest BCUT2D eigenvalue weighted by Crippen LogP contribution is 2.46. The van der Waals surface area contributed by atoms with Crippen LogP contribution in [0, 0.1) is 21.7 Å². The molecular formula is C62H120N8O12S4. The number of nitrogens with one attached hydrogen (secondary N) is 6. The molecule has 8 aliphatic rings. The average Bonchev–Trinajstić information content (AvgIpc) is 1.83. The molecule has 0 aromatic rings. The van der Waals surface area contributed by atoms with Crippen LogP contribution in [0.4, 0.5) is 9.59 Å². The van der Waals surface area contributed by atoms with Gasteiger partial charge < -0.3 is 48.9 Å². The van der Waals surface area contributed by atoms with Crippen molar-refractivity contribution in [2.24, 2.45) is 21.7 Å². The Balaban J connectivity index is 0.000000212. The van der Waals surface area contributed by atoms with E-state index in [-0.39, 0.29) is 101 Å². The van der Waals surface area contributed by atoms with E-state index in [1.54, 1.807) is 9.80 Å². The molecule has 4 spiro atoms. The van der Waals surface area contributed by atoms with Crippen molar-refractivity contribution in [3.8, 4) is 0 Å². The molecule has 0 aromatic heterocycles. The quantitative estimate of drug-likeness (QED) is 0.135. The molecule has 0 unspecified atom stereocenters. The van der Waals surface area contributed by atoms with E-state index < -0.39 is 55.1 Å². The van der Waals surface area contributed by atoms with E-state index in [9.17, 15) is 26.4 Å². The monoisotopic (exact) mass is 1300 g/mol. The van der Waals surface area contributed by atoms with Gasteiger partial charge in [0.25, 0.3) is 0 Å². The number of hydrogen-bond donors (Lipinski definition) is 6. The minimum Gasteiger partial charge on any atom is -0.444 e. The van der Waals surface area contributed by atoms with Crippen molar-refractivity contribution in [3.05, 3.63) is 0 Å². The highest BCUT2D eigenvalue weighted by atomic mass is 32.2. The highest BCUT2D eigenvalue weighted by Gasteiger charge is 2.54. The van der Waals surface area contributed by atoms with Crippen molar-refractivity contribution in [1.29, 1.82) is 0 Å². The van der Waals surface area contributed by atoms with Gasteiger partial charge in [-0.15, -0.1) is 0 Å². The molecule has 20 nitrogen and oxygen atoms in total. The molecule has 24 heteroatoms. The van der Waals surface area contributed by atoms with Crippen molar-refractivity contribution < 1.29 is 54.8 Å². The number of piperidine rings is 4. The van der Waals surface area contributed by atoms with Crippen molar-refractivity contribution in [1.82, 2.24) is 39.3 Å². The normalized spacial score (nSPS) is 30.5. The number of likely N-dealkylation sites (tertiary alicyclic amines) is 2. The smallest absolute Gasteiger partial charge is 0.410 e. The van der Waals surface area contributed by atoms with E-state index in [1.807, 2.05) is 138 Å². The zero-order valence-electron chi connectivity index (χ0n) is 57.2. The maximum absolute atomic E-state index is 12.6. The maximum Gasteiger partial charge on any atom is 0.410 e. The number of ether oxygens (including phenoxy) is 6. The Morgan fingerprint density at radius 2 is 0.581 bits per heavy atom. The fourth-order valence-electron chi connectivity index (χ4n) is 12.6.